The maximum atomic E-state index is 12.1. The van der Waals surface area contributed by atoms with E-state index in [4.69, 9.17) is 9.47 Å². The highest BCUT2D eigenvalue weighted by Crippen LogP contribution is 2.30. The number of methoxy groups -OCH3 is 2. The summed E-state index contributed by atoms with van der Waals surface area (Å²) in [5, 5.41) is 10.2. The van der Waals surface area contributed by atoms with E-state index in [1.165, 1.54) is 20.3 Å². The van der Waals surface area contributed by atoms with Crippen LogP contribution in [-0.4, -0.2) is 34.3 Å². The summed E-state index contributed by atoms with van der Waals surface area (Å²) in [6.45, 7) is -0.146. The quantitative estimate of drug-likeness (QED) is 0.717. The van der Waals surface area contributed by atoms with E-state index < -0.39 is 16.1 Å². The minimum absolute atomic E-state index is 0.146. The maximum absolute atomic E-state index is 12.1. The molecule has 0 saturated carbocycles. The number of ether oxygens (including phenoxy) is 2. The van der Waals surface area contributed by atoms with Crippen LogP contribution in [0.5, 0.6) is 11.5 Å². The number of hydrogen-bond donors (Lipinski definition) is 2. The van der Waals surface area contributed by atoms with Gasteiger partial charge in [0.1, 0.15) is 4.21 Å². The number of sulfonamides is 1. The molecule has 23 heavy (non-hydrogen) atoms. The van der Waals surface area contributed by atoms with Crippen LogP contribution < -0.4 is 14.2 Å². The first-order valence-corrected chi connectivity index (χ1v) is 9.61. The van der Waals surface area contributed by atoms with Crippen molar-refractivity contribution in [3.8, 4) is 11.5 Å². The Balaban J connectivity index is 2.09. The monoisotopic (exact) mass is 421 g/mol. The molecule has 1 atom stereocenters. The van der Waals surface area contributed by atoms with Gasteiger partial charge in [-0.2, -0.15) is 0 Å². The summed E-state index contributed by atoms with van der Waals surface area (Å²) >= 11 is 4.32. The van der Waals surface area contributed by atoms with Crippen molar-refractivity contribution in [1.82, 2.24) is 4.72 Å². The van der Waals surface area contributed by atoms with Crippen molar-refractivity contribution in [2.75, 3.05) is 20.8 Å². The molecule has 0 amide bonds. The Bertz CT molecular complexity index is 775. The lowest BCUT2D eigenvalue weighted by atomic mass is 10.1. The number of nitrogens with one attached hydrogen (secondary N) is 1. The molecule has 2 N–H and O–H groups in total. The molecule has 2 rings (SSSR count). The second kappa shape index (κ2) is 7.63. The molecule has 6 nitrogen and oxygen atoms in total. The van der Waals surface area contributed by atoms with Crippen LogP contribution in [0.1, 0.15) is 11.7 Å². The van der Waals surface area contributed by atoms with Crippen LogP contribution in [0.4, 0.5) is 0 Å². The molecule has 0 saturated heterocycles. The Hall–Kier alpha value is -1.13. The van der Waals surface area contributed by atoms with Crippen molar-refractivity contribution in [1.29, 1.82) is 0 Å². The van der Waals surface area contributed by atoms with Crippen molar-refractivity contribution in [2.45, 2.75) is 10.3 Å². The van der Waals surface area contributed by atoms with Crippen LogP contribution in [0.3, 0.4) is 0 Å². The number of halogens is 1. The van der Waals surface area contributed by atoms with Gasteiger partial charge in [0, 0.05) is 6.54 Å². The Morgan fingerprint density at radius 3 is 2.48 bits per heavy atom. The third kappa shape index (κ3) is 4.45. The topological polar surface area (TPSA) is 84.9 Å². The zero-order valence-electron chi connectivity index (χ0n) is 12.4. The molecular weight excluding hydrogens is 406 g/mol. The zero-order chi connectivity index (χ0) is 17.0. The molecule has 126 valence electrons. The van der Waals surface area contributed by atoms with Gasteiger partial charge in [0.25, 0.3) is 0 Å². The summed E-state index contributed by atoms with van der Waals surface area (Å²) in [5.41, 5.74) is 0.526. The predicted molar refractivity (Wildman–Crippen MR) is 91.7 cm³/mol. The molecule has 0 aliphatic heterocycles. The third-order valence-electron chi connectivity index (χ3n) is 3.07. The predicted octanol–water partition coefficient (Wildman–Crippen LogP) is 2.54. The molecule has 0 aliphatic carbocycles. The van der Waals surface area contributed by atoms with Crippen molar-refractivity contribution in [3.63, 3.8) is 0 Å². The standard InChI is InChI=1S/C14H16BrNO5S2/c1-20-11-4-3-9(7-12(11)21-2)10(17)8-16-23(18,19)14-6-5-13(15)22-14/h3-7,10,16-17H,8H2,1-2H3. The van der Waals surface area contributed by atoms with Gasteiger partial charge in [-0.3, -0.25) is 0 Å². The van der Waals surface area contributed by atoms with Gasteiger partial charge in [-0.05, 0) is 45.8 Å². The first-order valence-electron chi connectivity index (χ1n) is 6.52. The lowest BCUT2D eigenvalue weighted by Gasteiger charge is -2.14. The SMILES string of the molecule is COc1ccc(C(O)CNS(=O)(=O)c2ccc(Br)s2)cc1OC. The van der Waals surface area contributed by atoms with Crippen LogP contribution in [-0.2, 0) is 10.0 Å². The largest absolute Gasteiger partial charge is 0.493 e. The normalized spacial score (nSPS) is 12.9. The van der Waals surface area contributed by atoms with Gasteiger partial charge in [-0.1, -0.05) is 6.07 Å². The zero-order valence-corrected chi connectivity index (χ0v) is 15.7. The van der Waals surface area contributed by atoms with Gasteiger partial charge >= 0.3 is 0 Å². The van der Waals surface area contributed by atoms with Crippen LogP contribution in [0, 0.1) is 0 Å². The molecule has 9 heteroatoms. The van der Waals surface area contributed by atoms with Crippen LogP contribution >= 0.6 is 27.3 Å². The van der Waals surface area contributed by atoms with Gasteiger partial charge in [-0.15, -0.1) is 11.3 Å². The lowest BCUT2D eigenvalue weighted by Crippen LogP contribution is -2.28. The molecule has 0 bridgehead atoms. The Kier molecular flexibility index (Phi) is 6.04. The Labute approximate surface area is 147 Å². The van der Waals surface area contributed by atoms with E-state index in [1.54, 1.807) is 24.3 Å². The molecule has 0 fully saturated rings. The average molecular weight is 422 g/mol. The highest BCUT2D eigenvalue weighted by atomic mass is 79.9. The lowest BCUT2D eigenvalue weighted by molar-refractivity contribution is 0.181. The minimum Gasteiger partial charge on any atom is -0.493 e. The smallest absolute Gasteiger partial charge is 0.250 e. The van der Waals surface area contributed by atoms with E-state index in [1.807, 2.05) is 0 Å². The number of hydrogen-bond acceptors (Lipinski definition) is 6. The molecular formula is C14H16BrNO5S2. The second-order valence-electron chi connectivity index (χ2n) is 4.54. The molecule has 1 heterocycles. The number of aliphatic hydroxyl groups is 1. The van der Waals surface area contributed by atoms with E-state index in [0.717, 1.165) is 15.1 Å². The van der Waals surface area contributed by atoms with Gasteiger partial charge in [0.05, 0.1) is 24.1 Å². The minimum atomic E-state index is -3.65. The van der Waals surface area contributed by atoms with Gasteiger partial charge < -0.3 is 14.6 Å². The van der Waals surface area contributed by atoms with Crippen molar-refractivity contribution >= 4 is 37.3 Å². The fourth-order valence-electron chi connectivity index (χ4n) is 1.88. The van der Waals surface area contributed by atoms with E-state index in [-0.39, 0.29) is 10.8 Å². The fraction of sp³-hybridized carbons (Fsp3) is 0.286. The van der Waals surface area contributed by atoms with Crippen LogP contribution in [0.2, 0.25) is 0 Å². The first kappa shape index (κ1) is 18.2. The summed E-state index contributed by atoms with van der Waals surface area (Å²) in [6.07, 6.45) is -1.01. The highest BCUT2D eigenvalue weighted by Gasteiger charge is 2.19. The number of rotatable bonds is 7. The van der Waals surface area contributed by atoms with Crippen LogP contribution in [0.15, 0.2) is 38.3 Å². The summed E-state index contributed by atoms with van der Waals surface area (Å²) in [6, 6.07) is 8.08. The van der Waals surface area contributed by atoms with Gasteiger partial charge in [0.15, 0.2) is 11.5 Å². The molecule has 0 radical (unpaired) electrons. The van der Waals surface area contributed by atoms with Crippen LogP contribution in [0.25, 0.3) is 0 Å². The summed E-state index contributed by atoms with van der Waals surface area (Å²) in [5.74, 6) is 1.00. The summed E-state index contributed by atoms with van der Waals surface area (Å²) in [4.78, 5) is 0. The highest BCUT2D eigenvalue weighted by molar-refractivity contribution is 9.11. The van der Waals surface area contributed by atoms with E-state index >= 15 is 0 Å². The molecule has 1 aromatic carbocycles. The van der Waals surface area contributed by atoms with E-state index in [9.17, 15) is 13.5 Å². The summed E-state index contributed by atoms with van der Waals surface area (Å²) in [7, 11) is -0.642. The molecule has 1 unspecified atom stereocenters. The third-order valence-corrected chi connectivity index (χ3v) is 6.61. The van der Waals surface area contributed by atoms with Gasteiger partial charge in [0.2, 0.25) is 10.0 Å². The van der Waals surface area contributed by atoms with E-state index in [0.29, 0.717) is 17.1 Å². The molecule has 0 aliphatic rings. The Morgan fingerprint density at radius 1 is 1.22 bits per heavy atom. The average Bonchev–Trinajstić information content (AvgIpc) is 2.99. The summed E-state index contributed by atoms with van der Waals surface area (Å²) < 4.78 is 37.8. The van der Waals surface area contributed by atoms with Crippen molar-refractivity contribution < 1.29 is 23.0 Å². The van der Waals surface area contributed by atoms with Gasteiger partial charge in [-0.25, -0.2) is 13.1 Å². The van der Waals surface area contributed by atoms with Crippen molar-refractivity contribution in [2.24, 2.45) is 0 Å². The number of aliphatic hydroxyl groups excluding tert-OH is 1. The number of thiophene rings is 1. The molecule has 0 spiro atoms. The number of benzene rings is 1. The molecule has 2 aromatic rings. The fourth-order valence-corrected chi connectivity index (χ4v) is 4.97. The maximum Gasteiger partial charge on any atom is 0.250 e. The van der Waals surface area contributed by atoms with Crippen molar-refractivity contribution in [3.05, 3.63) is 39.7 Å². The first-order chi connectivity index (χ1) is 10.9. The Morgan fingerprint density at radius 2 is 1.91 bits per heavy atom. The second-order valence-corrected chi connectivity index (χ2v) is 9.00. The van der Waals surface area contributed by atoms with E-state index in [2.05, 4.69) is 20.7 Å². The molecule has 1 aromatic heterocycles.